The number of carbonyl (C=O) groups excluding carboxylic acids is 1. The van der Waals surface area contributed by atoms with Crippen molar-refractivity contribution >= 4 is 21.6 Å². The van der Waals surface area contributed by atoms with E-state index in [9.17, 15) is 13.2 Å². The van der Waals surface area contributed by atoms with E-state index in [-0.39, 0.29) is 11.9 Å². The Morgan fingerprint density at radius 3 is 2.74 bits per heavy atom. The second-order valence-electron chi connectivity index (χ2n) is 5.67. The molecule has 2 rings (SSSR count). The standard InChI is InChI=1S/C15H22N4O3S/c1-12(2)19(23(3,21)22)10-6-8-16-15(20)13-11-18-9-5-4-7-14(18)17-13/h4-5,7,9,11-12H,6,8,10H2,1-3H3,(H,16,20). The van der Waals surface area contributed by atoms with E-state index in [1.165, 1.54) is 10.6 Å². The number of sulfonamides is 1. The minimum absolute atomic E-state index is 0.0980. The van der Waals surface area contributed by atoms with Crippen molar-refractivity contribution in [1.29, 1.82) is 0 Å². The van der Waals surface area contributed by atoms with Crippen molar-refractivity contribution in [3.63, 3.8) is 0 Å². The van der Waals surface area contributed by atoms with Crippen LogP contribution in [0.25, 0.3) is 5.65 Å². The van der Waals surface area contributed by atoms with Crippen molar-refractivity contribution in [2.24, 2.45) is 0 Å². The molecule has 0 saturated heterocycles. The Balaban J connectivity index is 1.87. The molecule has 0 spiro atoms. The fraction of sp³-hybridized carbons (Fsp3) is 0.467. The molecule has 0 atom stereocenters. The summed E-state index contributed by atoms with van der Waals surface area (Å²) in [5, 5.41) is 2.77. The Hall–Kier alpha value is -1.93. The van der Waals surface area contributed by atoms with Gasteiger partial charge in [0.15, 0.2) is 0 Å². The molecule has 0 radical (unpaired) electrons. The summed E-state index contributed by atoms with van der Waals surface area (Å²) in [6, 6.07) is 5.44. The van der Waals surface area contributed by atoms with Crippen molar-refractivity contribution in [3.05, 3.63) is 36.3 Å². The molecule has 0 saturated carbocycles. The molecule has 126 valence electrons. The molecule has 1 N–H and O–H groups in total. The van der Waals surface area contributed by atoms with E-state index in [1.807, 2.05) is 38.2 Å². The van der Waals surface area contributed by atoms with Gasteiger partial charge >= 0.3 is 0 Å². The third-order valence-corrected chi connectivity index (χ3v) is 4.90. The highest BCUT2D eigenvalue weighted by molar-refractivity contribution is 7.88. The number of hydrogen-bond acceptors (Lipinski definition) is 4. The van der Waals surface area contributed by atoms with Crippen molar-refractivity contribution in [2.75, 3.05) is 19.3 Å². The minimum Gasteiger partial charge on any atom is -0.351 e. The number of imidazole rings is 1. The van der Waals surface area contributed by atoms with Crippen LogP contribution in [0.1, 0.15) is 30.8 Å². The van der Waals surface area contributed by atoms with E-state index in [4.69, 9.17) is 0 Å². The number of nitrogens with zero attached hydrogens (tertiary/aromatic N) is 3. The lowest BCUT2D eigenvalue weighted by molar-refractivity contribution is 0.0948. The van der Waals surface area contributed by atoms with Crippen LogP contribution in [0.15, 0.2) is 30.6 Å². The SMILES string of the molecule is CC(C)N(CCCNC(=O)c1cn2ccccc2n1)S(C)(=O)=O. The van der Waals surface area contributed by atoms with Gasteiger partial charge in [0, 0.05) is 31.5 Å². The van der Waals surface area contributed by atoms with Crippen LogP contribution < -0.4 is 5.32 Å². The van der Waals surface area contributed by atoms with Crippen LogP contribution in [0.2, 0.25) is 0 Å². The Kier molecular flexibility index (Phi) is 5.38. The van der Waals surface area contributed by atoms with Gasteiger partial charge in [-0.05, 0) is 32.4 Å². The molecule has 2 aromatic rings. The van der Waals surface area contributed by atoms with Crippen LogP contribution in [-0.4, -0.2) is 53.4 Å². The molecule has 2 heterocycles. The van der Waals surface area contributed by atoms with Crippen molar-refractivity contribution < 1.29 is 13.2 Å². The van der Waals surface area contributed by atoms with Crippen molar-refractivity contribution in [3.8, 4) is 0 Å². The molecule has 0 aliphatic carbocycles. The van der Waals surface area contributed by atoms with Crippen molar-refractivity contribution in [2.45, 2.75) is 26.3 Å². The quantitative estimate of drug-likeness (QED) is 0.767. The van der Waals surface area contributed by atoms with E-state index in [2.05, 4.69) is 10.3 Å². The van der Waals surface area contributed by atoms with Gasteiger partial charge in [0.05, 0.1) is 6.26 Å². The fourth-order valence-electron chi connectivity index (χ4n) is 2.38. The number of pyridine rings is 1. The first kappa shape index (κ1) is 17.4. The van der Waals surface area contributed by atoms with Gasteiger partial charge in [-0.3, -0.25) is 4.79 Å². The van der Waals surface area contributed by atoms with Gasteiger partial charge in [0.25, 0.3) is 5.91 Å². The zero-order valence-corrected chi connectivity index (χ0v) is 14.4. The minimum atomic E-state index is -3.23. The molecule has 0 fully saturated rings. The highest BCUT2D eigenvalue weighted by Crippen LogP contribution is 2.06. The third kappa shape index (κ3) is 4.52. The summed E-state index contributed by atoms with van der Waals surface area (Å²) < 4.78 is 26.5. The topological polar surface area (TPSA) is 83.8 Å². The first-order chi connectivity index (χ1) is 10.8. The van der Waals surface area contributed by atoms with Crippen LogP contribution >= 0.6 is 0 Å². The first-order valence-electron chi connectivity index (χ1n) is 7.48. The highest BCUT2D eigenvalue weighted by atomic mass is 32.2. The predicted molar refractivity (Wildman–Crippen MR) is 88.8 cm³/mol. The highest BCUT2D eigenvalue weighted by Gasteiger charge is 2.19. The maximum absolute atomic E-state index is 12.1. The molecule has 7 nitrogen and oxygen atoms in total. The monoisotopic (exact) mass is 338 g/mol. The van der Waals surface area contributed by atoms with E-state index >= 15 is 0 Å². The second-order valence-corrected chi connectivity index (χ2v) is 7.60. The first-order valence-corrected chi connectivity index (χ1v) is 9.32. The second kappa shape index (κ2) is 7.10. The number of carbonyl (C=O) groups is 1. The number of aromatic nitrogens is 2. The molecule has 23 heavy (non-hydrogen) atoms. The van der Waals surface area contributed by atoms with E-state index in [0.29, 0.717) is 30.9 Å². The summed E-state index contributed by atoms with van der Waals surface area (Å²) in [6.07, 6.45) is 5.24. The molecule has 0 unspecified atom stereocenters. The molecule has 0 bridgehead atoms. The Bertz CT molecular complexity index is 750. The molecule has 0 aliphatic heterocycles. The largest absolute Gasteiger partial charge is 0.351 e. The molecule has 0 aliphatic rings. The fourth-order valence-corrected chi connectivity index (χ4v) is 3.61. The van der Waals surface area contributed by atoms with E-state index in [0.717, 1.165) is 0 Å². The molecule has 1 amide bonds. The van der Waals surface area contributed by atoms with Gasteiger partial charge in [-0.15, -0.1) is 0 Å². The maximum atomic E-state index is 12.1. The predicted octanol–water partition coefficient (Wildman–Crippen LogP) is 1.12. The maximum Gasteiger partial charge on any atom is 0.271 e. The lowest BCUT2D eigenvalue weighted by atomic mass is 10.3. The van der Waals surface area contributed by atoms with E-state index in [1.54, 1.807) is 10.6 Å². The van der Waals surface area contributed by atoms with Gasteiger partial charge in [-0.25, -0.2) is 13.4 Å². The van der Waals surface area contributed by atoms with Crippen LogP contribution in [-0.2, 0) is 10.0 Å². The summed E-state index contributed by atoms with van der Waals surface area (Å²) in [7, 11) is -3.23. The average Bonchev–Trinajstić information content (AvgIpc) is 2.88. The van der Waals surface area contributed by atoms with Crippen molar-refractivity contribution in [1.82, 2.24) is 19.0 Å². The Morgan fingerprint density at radius 2 is 2.13 bits per heavy atom. The van der Waals surface area contributed by atoms with Crippen LogP contribution in [0.5, 0.6) is 0 Å². The number of fused-ring (bicyclic) bond motifs is 1. The number of hydrogen-bond donors (Lipinski definition) is 1. The number of nitrogens with one attached hydrogen (secondary N) is 1. The average molecular weight is 338 g/mol. The summed E-state index contributed by atoms with van der Waals surface area (Å²) in [5.74, 6) is -0.260. The van der Waals surface area contributed by atoms with Crippen LogP contribution in [0.4, 0.5) is 0 Å². The van der Waals surface area contributed by atoms with Gasteiger partial charge < -0.3 is 9.72 Å². The number of amides is 1. The van der Waals surface area contributed by atoms with Gasteiger partial charge in [0.1, 0.15) is 11.3 Å². The summed E-state index contributed by atoms with van der Waals surface area (Å²) in [4.78, 5) is 16.3. The smallest absolute Gasteiger partial charge is 0.271 e. The van der Waals surface area contributed by atoms with Gasteiger partial charge in [-0.2, -0.15) is 4.31 Å². The zero-order valence-electron chi connectivity index (χ0n) is 13.6. The summed E-state index contributed by atoms with van der Waals surface area (Å²) in [5.41, 5.74) is 1.06. The molecular formula is C15H22N4O3S. The summed E-state index contributed by atoms with van der Waals surface area (Å²) >= 11 is 0. The molecule has 0 aromatic carbocycles. The van der Waals surface area contributed by atoms with Gasteiger partial charge in [-0.1, -0.05) is 6.07 Å². The van der Waals surface area contributed by atoms with E-state index < -0.39 is 10.0 Å². The molecular weight excluding hydrogens is 316 g/mol. The zero-order chi connectivity index (χ0) is 17.0. The lowest BCUT2D eigenvalue weighted by Crippen LogP contribution is -2.38. The van der Waals surface area contributed by atoms with Gasteiger partial charge in [0.2, 0.25) is 10.0 Å². The molecule has 2 aromatic heterocycles. The normalized spacial score (nSPS) is 12.2. The number of rotatable bonds is 7. The van der Waals surface area contributed by atoms with Crippen LogP contribution in [0.3, 0.4) is 0 Å². The third-order valence-electron chi connectivity index (χ3n) is 3.44. The summed E-state index contributed by atoms with van der Waals surface area (Å²) in [6.45, 7) is 4.43. The van der Waals surface area contributed by atoms with Crippen LogP contribution in [0, 0.1) is 0 Å². The Morgan fingerprint density at radius 1 is 1.39 bits per heavy atom. The molecule has 8 heteroatoms. The lowest BCUT2D eigenvalue weighted by Gasteiger charge is -2.23. The Labute approximate surface area is 136 Å².